The Balaban J connectivity index is 2.14. The molecule has 1 aromatic carbocycles. The number of anilines is 1. The van der Waals surface area contributed by atoms with Crippen molar-refractivity contribution in [3.63, 3.8) is 0 Å². The number of nitrogens with one attached hydrogen (secondary N) is 1. The van der Waals surface area contributed by atoms with Gasteiger partial charge in [-0.1, -0.05) is 6.07 Å². The van der Waals surface area contributed by atoms with Gasteiger partial charge in [-0.3, -0.25) is 0 Å². The third kappa shape index (κ3) is 3.96. The van der Waals surface area contributed by atoms with E-state index in [2.05, 4.69) is 14.7 Å². The molecule has 0 spiro atoms. The van der Waals surface area contributed by atoms with Crippen molar-refractivity contribution in [3.05, 3.63) is 48.0 Å². The molecule has 0 amide bonds. The molecule has 0 aliphatic carbocycles. The van der Waals surface area contributed by atoms with Crippen molar-refractivity contribution in [2.24, 2.45) is 0 Å². The Kier molecular flexibility index (Phi) is 4.49. The van der Waals surface area contributed by atoms with Crippen LogP contribution in [0.3, 0.4) is 0 Å². The van der Waals surface area contributed by atoms with E-state index < -0.39 is 15.8 Å². The van der Waals surface area contributed by atoms with Gasteiger partial charge in [-0.15, -0.1) is 0 Å². The van der Waals surface area contributed by atoms with Crippen molar-refractivity contribution in [2.45, 2.75) is 11.4 Å². The molecule has 2 rings (SSSR count). The van der Waals surface area contributed by atoms with Crippen LogP contribution in [-0.2, 0) is 16.6 Å². The van der Waals surface area contributed by atoms with Crippen LogP contribution in [-0.4, -0.2) is 32.5 Å². The fourth-order valence-electron chi connectivity index (χ4n) is 1.58. The molecule has 1 aromatic heterocycles. The predicted molar refractivity (Wildman–Crippen MR) is 76.8 cm³/mol. The van der Waals surface area contributed by atoms with Crippen molar-refractivity contribution >= 4 is 16.0 Å². The Bertz CT molecular complexity index is 734. The Morgan fingerprint density at radius 3 is 2.71 bits per heavy atom. The van der Waals surface area contributed by atoms with Crippen LogP contribution in [0.5, 0.6) is 0 Å². The summed E-state index contributed by atoms with van der Waals surface area (Å²) in [7, 11) is -0.203. The molecule has 8 heteroatoms. The molecule has 6 nitrogen and oxygen atoms in total. The minimum atomic E-state index is -3.78. The molecule has 0 aliphatic heterocycles. The first-order valence-corrected chi connectivity index (χ1v) is 7.61. The first-order valence-electron chi connectivity index (χ1n) is 6.13. The molecule has 0 radical (unpaired) electrons. The van der Waals surface area contributed by atoms with Crippen LogP contribution in [0, 0.1) is 5.82 Å². The highest BCUT2D eigenvalue weighted by atomic mass is 32.2. The monoisotopic (exact) mass is 310 g/mol. The number of aromatic nitrogens is 2. The van der Waals surface area contributed by atoms with Gasteiger partial charge in [0.1, 0.15) is 5.82 Å². The van der Waals surface area contributed by atoms with E-state index in [1.165, 1.54) is 18.2 Å². The lowest BCUT2D eigenvalue weighted by molar-refractivity contribution is 0.576. The number of rotatable bonds is 5. The summed E-state index contributed by atoms with van der Waals surface area (Å²) in [5.41, 5.74) is 0.522. The van der Waals surface area contributed by atoms with Crippen LogP contribution in [0.15, 0.2) is 41.4 Å². The minimum absolute atomic E-state index is 0.00219. The first kappa shape index (κ1) is 15.3. The van der Waals surface area contributed by atoms with Crippen molar-refractivity contribution in [1.29, 1.82) is 0 Å². The smallest absolute Gasteiger partial charge is 0.241 e. The van der Waals surface area contributed by atoms with E-state index in [4.69, 9.17) is 0 Å². The lowest BCUT2D eigenvalue weighted by atomic mass is 10.4. The highest BCUT2D eigenvalue weighted by Gasteiger charge is 2.14. The second-order valence-corrected chi connectivity index (χ2v) is 6.29. The molecule has 112 valence electrons. The lowest BCUT2D eigenvalue weighted by Crippen LogP contribution is -2.24. The average molecular weight is 310 g/mol. The fourth-order valence-corrected chi connectivity index (χ4v) is 2.61. The molecule has 1 heterocycles. The van der Waals surface area contributed by atoms with E-state index in [-0.39, 0.29) is 11.4 Å². The summed E-state index contributed by atoms with van der Waals surface area (Å²) in [6, 6.07) is 6.44. The van der Waals surface area contributed by atoms with Crippen LogP contribution < -0.4 is 9.62 Å². The van der Waals surface area contributed by atoms with Gasteiger partial charge in [-0.25, -0.2) is 27.5 Å². The third-order valence-corrected chi connectivity index (χ3v) is 4.05. The van der Waals surface area contributed by atoms with Crippen LogP contribution in [0.2, 0.25) is 0 Å². The van der Waals surface area contributed by atoms with Crippen molar-refractivity contribution in [2.75, 3.05) is 19.0 Å². The average Bonchev–Trinajstić information content (AvgIpc) is 2.45. The highest BCUT2D eigenvalue weighted by molar-refractivity contribution is 7.89. The summed E-state index contributed by atoms with van der Waals surface area (Å²) in [5.74, 6) is -0.118. The van der Waals surface area contributed by atoms with Gasteiger partial charge >= 0.3 is 0 Å². The topological polar surface area (TPSA) is 75.2 Å². The summed E-state index contributed by atoms with van der Waals surface area (Å²) < 4.78 is 39.6. The molecule has 0 bridgehead atoms. The third-order valence-electron chi connectivity index (χ3n) is 2.65. The maximum atomic E-state index is 13.1. The molecular weight excluding hydrogens is 295 g/mol. The van der Waals surface area contributed by atoms with Crippen LogP contribution in [0.4, 0.5) is 10.3 Å². The minimum Gasteiger partial charge on any atom is -0.347 e. The van der Waals surface area contributed by atoms with Gasteiger partial charge in [0.05, 0.1) is 17.1 Å². The highest BCUT2D eigenvalue weighted by Crippen LogP contribution is 2.11. The molecule has 0 saturated heterocycles. The van der Waals surface area contributed by atoms with Crippen molar-refractivity contribution < 1.29 is 12.8 Å². The van der Waals surface area contributed by atoms with Gasteiger partial charge < -0.3 is 4.90 Å². The number of hydrogen-bond donors (Lipinski definition) is 1. The number of benzene rings is 1. The van der Waals surface area contributed by atoms with Crippen LogP contribution in [0.1, 0.15) is 5.69 Å². The van der Waals surface area contributed by atoms with E-state index in [0.29, 0.717) is 11.6 Å². The molecular formula is C13H15FN4O2S. The summed E-state index contributed by atoms with van der Waals surface area (Å²) in [6.45, 7) is 0.00219. The van der Waals surface area contributed by atoms with E-state index in [1.54, 1.807) is 31.3 Å². The van der Waals surface area contributed by atoms with E-state index in [9.17, 15) is 12.8 Å². The van der Waals surface area contributed by atoms with Gasteiger partial charge in [-0.2, -0.15) is 0 Å². The second kappa shape index (κ2) is 6.15. The quantitative estimate of drug-likeness (QED) is 0.897. The van der Waals surface area contributed by atoms with Crippen LogP contribution >= 0.6 is 0 Å². The molecule has 1 N–H and O–H groups in total. The standard InChI is InChI=1S/C13H15FN4O2S/c1-18(2)13-15-7-6-11(17-13)9-16-21(19,20)12-5-3-4-10(14)8-12/h3-8,16H,9H2,1-2H3. The predicted octanol–water partition coefficient (Wildman–Crippen LogP) is 1.16. The zero-order chi connectivity index (χ0) is 15.5. The number of halogens is 1. The number of hydrogen-bond acceptors (Lipinski definition) is 5. The molecule has 0 saturated carbocycles. The molecule has 0 fully saturated rings. The van der Waals surface area contributed by atoms with E-state index >= 15 is 0 Å². The summed E-state index contributed by atoms with van der Waals surface area (Å²) in [5, 5.41) is 0. The zero-order valence-electron chi connectivity index (χ0n) is 11.6. The fraction of sp³-hybridized carbons (Fsp3) is 0.231. The van der Waals surface area contributed by atoms with Gasteiger partial charge in [0, 0.05) is 20.3 Å². The Hall–Kier alpha value is -2.06. The maximum Gasteiger partial charge on any atom is 0.241 e. The summed E-state index contributed by atoms with van der Waals surface area (Å²) in [4.78, 5) is 9.83. The Labute approximate surface area is 122 Å². The summed E-state index contributed by atoms with van der Waals surface area (Å²) in [6.07, 6.45) is 1.55. The molecule has 2 aromatic rings. The second-order valence-electron chi connectivity index (χ2n) is 4.52. The number of sulfonamides is 1. The van der Waals surface area contributed by atoms with Gasteiger partial charge in [0.2, 0.25) is 16.0 Å². The SMILES string of the molecule is CN(C)c1nccc(CNS(=O)(=O)c2cccc(F)c2)n1. The maximum absolute atomic E-state index is 13.1. The molecule has 0 atom stereocenters. The van der Waals surface area contributed by atoms with Crippen molar-refractivity contribution in [3.8, 4) is 0 Å². The first-order chi connectivity index (χ1) is 9.88. The van der Waals surface area contributed by atoms with E-state index in [1.807, 2.05) is 0 Å². The molecule has 0 aliphatic rings. The number of nitrogens with zero attached hydrogens (tertiary/aromatic N) is 3. The normalized spacial score (nSPS) is 11.4. The van der Waals surface area contributed by atoms with E-state index in [0.717, 1.165) is 6.07 Å². The lowest BCUT2D eigenvalue weighted by Gasteiger charge is -2.11. The van der Waals surface area contributed by atoms with Crippen molar-refractivity contribution in [1.82, 2.24) is 14.7 Å². The Morgan fingerprint density at radius 1 is 1.29 bits per heavy atom. The summed E-state index contributed by atoms with van der Waals surface area (Å²) >= 11 is 0. The Morgan fingerprint density at radius 2 is 2.05 bits per heavy atom. The van der Waals surface area contributed by atoms with Crippen LogP contribution in [0.25, 0.3) is 0 Å². The van der Waals surface area contributed by atoms with Gasteiger partial charge in [0.15, 0.2) is 0 Å². The molecule has 0 unspecified atom stereocenters. The zero-order valence-corrected chi connectivity index (χ0v) is 12.4. The largest absolute Gasteiger partial charge is 0.347 e. The van der Waals surface area contributed by atoms with Gasteiger partial charge in [-0.05, 0) is 24.3 Å². The molecule has 21 heavy (non-hydrogen) atoms. The van der Waals surface area contributed by atoms with Gasteiger partial charge in [0.25, 0.3) is 0 Å².